The van der Waals surface area contributed by atoms with Crippen molar-refractivity contribution in [2.75, 3.05) is 41.7 Å². The van der Waals surface area contributed by atoms with Crippen LogP contribution in [0.15, 0.2) is 114 Å². The molecular formula is C53H65N13O2S. The number of nitrogens with zero attached hydrogens (tertiary/aromatic N) is 11. The highest BCUT2D eigenvalue weighted by Crippen LogP contribution is 2.46. The molecule has 0 aliphatic carbocycles. The SMILES string of the molecule is CC.CC.CCC(n1ccc(-c2ncnc3[nH]ccc23)c1)C1(C)CCN(c2ccc3c(n2)S(=O)CC3)C1.CCC(n1ccc(-c2ncnc3[nH]ccc23)c1)C1(C)CCN(c2nc3cccnc3o2)C1. The van der Waals surface area contributed by atoms with Crippen molar-refractivity contribution in [3.63, 3.8) is 0 Å². The van der Waals surface area contributed by atoms with Gasteiger partial charge in [-0.05, 0) is 80.1 Å². The predicted octanol–water partition coefficient (Wildman–Crippen LogP) is 11.2. The van der Waals surface area contributed by atoms with Crippen LogP contribution in [0, 0.1) is 10.8 Å². The lowest BCUT2D eigenvalue weighted by Crippen LogP contribution is -2.33. The maximum absolute atomic E-state index is 12.3. The fourth-order valence-corrected chi connectivity index (χ4v) is 12.2. The molecule has 0 aromatic carbocycles. The second-order valence-corrected chi connectivity index (χ2v) is 19.9. The highest BCUT2D eigenvalue weighted by atomic mass is 32.2. The van der Waals surface area contributed by atoms with Crippen molar-refractivity contribution in [3.8, 4) is 22.5 Å². The van der Waals surface area contributed by atoms with Crippen molar-refractivity contribution in [2.45, 2.75) is 105 Å². The second kappa shape index (κ2) is 20.1. The van der Waals surface area contributed by atoms with Gasteiger partial charge in [0.05, 0.1) is 22.2 Å². The fraction of sp³-hybridized carbons (Fsp3) is 0.415. The molecule has 0 amide bonds. The van der Waals surface area contributed by atoms with Gasteiger partial charge in [-0.25, -0.2) is 29.9 Å². The normalized spacial score (nSPS) is 20.6. The van der Waals surface area contributed by atoms with Gasteiger partial charge in [-0.2, -0.15) is 4.98 Å². The van der Waals surface area contributed by atoms with Crippen molar-refractivity contribution in [2.24, 2.45) is 10.8 Å². The average Bonchev–Trinajstić information content (AvgIpc) is 4.24. The molecule has 0 spiro atoms. The van der Waals surface area contributed by atoms with E-state index in [-0.39, 0.29) is 10.8 Å². The Bertz CT molecular complexity index is 3150. The van der Waals surface area contributed by atoms with Gasteiger partial charge in [0.15, 0.2) is 0 Å². The monoisotopic (exact) mass is 948 g/mol. The van der Waals surface area contributed by atoms with Gasteiger partial charge in [0.2, 0.25) is 5.71 Å². The van der Waals surface area contributed by atoms with Crippen molar-refractivity contribution in [1.82, 2.24) is 54.0 Å². The first-order valence-electron chi connectivity index (χ1n) is 24.7. The Balaban J connectivity index is 0.000000161. The van der Waals surface area contributed by atoms with Gasteiger partial charge in [-0.15, -0.1) is 0 Å². The van der Waals surface area contributed by atoms with Gasteiger partial charge in [0.1, 0.15) is 40.3 Å². The fourth-order valence-electron chi connectivity index (χ4n) is 10.9. The van der Waals surface area contributed by atoms with Crippen LogP contribution in [0.2, 0.25) is 0 Å². The zero-order valence-electron chi connectivity index (χ0n) is 41.2. The summed E-state index contributed by atoms with van der Waals surface area (Å²) in [5.74, 6) is 1.67. The Morgan fingerprint density at radius 1 is 0.710 bits per heavy atom. The molecule has 3 aliphatic heterocycles. The molecule has 9 aromatic rings. The predicted molar refractivity (Wildman–Crippen MR) is 277 cm³/mol. The van der Waals surface area contributed by atoms with Crippen molar-refractivity contribution in [3.05, 3.63) is 110 Å². The quantitative estimate of drug-likeness (QED) is 0.134. The van der Waals surface area contributed by atoms with Crippen LogP contribution in [0.25, 0.3) is 55.8 Å². The van der Waals surface area contributed by atoms with E-state index >= 15 is 0 Å². The van der Waals surface area contributed by atoms with E-state index in [1.807, 2.05) is 64.4 Å². The van der Waals surface area contributed by atoms with Crippen LogP contribution in [-0.4, -0.2) is 90.1 Å². The van der Waals surface area contributed by atoms with Crippen LogP contribution in [0.1, 0.15) is 98.7 Å². The minimum absolute atomic E-state index is 0.0915. The Kier molecular flexibility index (Phi) is 13.8. The number of pyridine rings is 2. The van der Waals surface area contributed by atoms with Gasteiger partial charge in [0.25, 0.3) is 6.01 Å². The molecule has 15 nitrogen and oxygen atoms in total. The van der Waals surface area contributed by atoms with Gasteiger partial charge in [-0.1, -0.05) is 61.5 Å². The molecule has 360 valence electrons. The number of oxazole rings is 1. The summed E-state index contributed by atoms with van der Waals surface area (Å²) in [4.78, 5) is 42.5. The third-order valence-corrected chi connectivity index (χ3v) is 15.6. The van der Waals surface area contributed by atoms with E-state index in [2.05, 4.69) is 136 Å². The second-order valence-electron chi connectivity index (χ2n) is 18.4. The molecule has 12 heterocycles. The number of aryl methyl sites for hydroxylation is 1. The molecular weight excluding hydrogens is 883 g/mol. The van der Waals surface area contributed by atoms with Crippen LogP contribution in [0.3, 0.4) is 0 Å². The third kappa shape index (κ3) is 9.06. The average molecular weight is 948 g/mol. The molecule has 5 atom stereocenters. The molecule has 2 saturated heterocycles. The minimum atomic E-state index is -0.945. The first-order valence-corrected chi connectivity index (χ1v) is 26.0. The van der Waals surface area contributed by atoms with E-state index in [9.17, 15) is 4.21 Å². The summed E-state index contributed by atoms with van der Waals surface area (Å²) >= 11 is 0. The third-order valence-electron chi connectivity index (χ3n) is 14.2. The van der Waals surface area contributed by atoms with E-state index in [1.54, 1.807) is 18.9 Å². The lowest BCUT2D eigenvalue weighted by molar-refractivity contribution is 0.211. The molecule has 5 unspecified atom stereocenters. The molecule has 3 aliphatic rings. The first-order chi connectivity index (χ1) is 33.7. The molecule has 2 fully saturated rings. The zero-order valence-corrected chi connectivity index (χ0v) is 42.0. The molecule has 2 N–H and O–H groups in total. The van der Waals surface area contributed by atoms with E-state index in [4.69, 9.17) is 9.40 Å². The van der Waals surface area contributed by atoms with Gasteiger partial charge in [0, 0.05) is 120 Å². The molecule has 0 radical (unpaired) electrons. The number of fused-ring (bicyclic) bond motifs is 4. The van der Waals surface area contributed by atoms with Crippen molar-refractivity contribution in [1.29, 1.82) is 0 Å². The van der Waals surface area contributed by atoms with Crippen LogP contribution in [0.5, 0.6) is 0 Å². The largest absolute Gasteiger partial charge is 0.404 e. The number of hydrogen-bond acceptors (Lipinski definition) is 11. The smallest absolute Gasteiger partial charge is 0.299 e. The van der Waals surface area contributed by atoms with Crippen LogP contribution in [0.4, 0.5) is 11.8 Å². The molecule has 69 heavy (non-hydrogen) atoms. The summed E-state index contributed by atoms with van der Waals surface area (Å²) in [6, 6.07) is 17.8. The van der Waals surface area contributed by atoms with Crippen molar-refractivity contribution >= 4 is 55.9 Å². The van der Waals surface area contributed by atoms with Gasteiger partial charge in [-0.3, -0.25) is 4.21 Å². The standard InChI is InChI=1S/C25H28N6OS.C24H25N7O.2C2H6/c1-3-20(30-11-7-18(14-30)22-19-6-10-26-23(19)28-16-27-22)25(2)9-12-31(15-25)21-5-4-17-8-13-33(32)24(17)29-21;1-3-19(30-11-7-16(13-30)20-17-6-10-25-21(17)28-15-27-20)24(2)8-12-31(14-24)23-29-18-5-4-9-26-22(18)32-23;2*1-2/h4-7,10-11,14,16,20H,3,8-9,12-13,15H2,1-2H3,(H,26,27,28);4-7,9-11,13,15,19H,3,8,12,14H2,1-2H3,(H,25,27,28);2*1-2H3. The molecule has 0 saturated carbocycles. The maximum atomic E-state index is 12.3. The lowest BCUT2D eigenvalue weighted by Gasteiger charge is -2.35. The summed E-state index contributed by atoms with van der Waals surface area (Å²) in [6.45, 7) is 21.0. The Morgan fingerprint density at radius 3 is 1.87 bits per heavy atom. The van der Waals surface area contributed by atoms with E-state index in [1.165, 1.54) is 0 Å². The summed E-state index contributed by atoms with van der Waals surface area (Å²) in [5, 5.41) is 2.88. The number of H-pyrrole nitrogens is 2. The van der Waals surface area contributed by atoms with Crippen LogP contribution in [-0.2, 0) is 17.2 Å². The van der Waals surface area contributed by atoms with Crippen molar-refractivity contribution < 1.29 is 8.63 Å². The molecule has 0 bridgehead atoms. The van der Waals surface area contributed by atoms with Crippen LogP contribution < -0.4 is 9.80 Å². The topological polar surface area (TPSA) is 168 Å². The van der Waals surface area contributed by atoms with E-state index < -0.39 is 10.8 Å². The molecule has 16 heteroatoms. The first kappa shape index (κ1) is 47.4. The number of rotatable bonds is 10. The van der Waals surface area contributed by atoms with E-state index in [0.717, 1.165) is 125 Å². The zero-order chi connectivity index (χ0) is 48.3. The number of aromatic nitrogens is 11. The Labute approximate surface area is 406 Å². The highest BCUT2D eigenvalue weighted by molar-refractivity contribution is 7.85. The van der Waals surface area contributed by atoms with E-state index in [0.29, 0.717) is 29.6 Å². The number of aromatic amines is 2. The maximum Gasteiger partial charge on any atom is 0.299 e. The number of hydrogen-bond donors (Lipinski definition) is 2. The minimum Gasteiger partial charge on any atom is -0.404 e. The Hall–Kier alpha value is -6.68. The summed E-state index contributed by atoms with van der Waals surface area (Å²) in [7, 11) is -0.945. The summed E-state index contributed by atoms with van der Waals surface area (Å²) < 4.78 is 23.0. The molecule has 9 aromatic heterocycles. The summed E-state index contributed by atoms with van der Waals surface area (Å²) in [5.41, 5.74) is 8.62. The highest BCUT2D eigenvalue weighted by Gasteiger charge is 2.43. The van der Waals surface area contributed by atoms with Gasteiger partial charge >= 0.3 is 0 Å². The van der Waals surface area contributed by atoms with Crippen LogP contribution >= 0.6 is 0 Å². The Morgan fingerprint density at radius 2 is 1.29 bits per heavy atom. The molecule has 12 rings (SSSR count). The lowest BCUT2D eigenvalue weighted by atomic mass is 9.80. The van der Waals surface area contributed by atoms with Gasteiger partial charge < -0.3 is 33.3 Å². The summed E-state index contributed by atoms with van der Waals surface area (Å²) in [6.07, 6.45) is 22.7. The number of anilines is 2. The number of nitrogens with one attached hydrogen (secondary N) is 2.